The van der Waals surface area contributed by atoms with Crippen LogP contribution in [-0.4, -0.2) is 28.3 Å². The highest BCUT2D eigenvalue weighted by Crippen LogP contribution is 2.51. The molecule has 0 amide bonds. The first-order chi connectivity index (χ1) is 8.78. The molecule has 0 unspecified atom stereocenters. The fourth-order valence-electron chi connectivity index (χ4n) is 3.25. The van der Waals surface area contributed by atoms with Crippen molar-refractivity contribution in [3.05, 3.63) is 48.0 Å². The van der Waals surface area contributed by atoms with E-state index in [0.717, 1.165) is 6.42 Å². The molecular formula is C15H17IO2. The summed E-state index contributed by atoms with van der Waals surface area (Å²) in [5, 5.41) is 9.97. The molecule has 2 nitrogen and oxygen atoms in total. The minimum Gasteiger partial charge on any atom is -0.395 e. The number of fused-ring (bicyclic) bond motifs is 1. The Hall–Kier alpha value is -0.390. The molecule has 2 aliphatic rings. The molecule has 1 N–H and O–H groups in total. The number of aliphatic hydroxyl groups is 1. The summed E-state index contributed by atoms with van der Waals surface area (Å²) in [5.41, 5.74) is 1.04. The number of ether oxygens (including phenoxy) is 1. The van der Waals surface area contributed by atoms with Crippen LogP contribution in [0.3, 0.4) is 0 Å². The highest BCUT2D eigenvalue weighted by Gasteiger charge is 2.53. The number of aliphatic hydroxyl groups excluding tert-OH is 1. The van der Waals surface area contributed by atoms with Gasteiger partial charge in [-0.1, -0.05) is 65.1 Å². The summed E-state index contributed by atoms with van der Waals surface area (Å²) >= 11 is 2.45. The second-order valence-electron chi connectivity index (χ2n) is 5.14. The summed E-state index contributed by atoms with van der Waals surface area (Å²) in [6.07, 6.45) is 5.57. The van der Waals surface area contributed by atoms with E-state index in [-0.39, 0.29) is 24.0 Å². The minimum atomic E-state index is -0.231. The van der Waals surface area contributed by atoms with Crippen molar-refractivity contribution in [1.29, 1.82) is 0 Å². The van der Waals surface area contributed by atoms with Crippen molar-refractivity contribution in [3.63, 3.8) is 0 Å². The number of benzene rings is 1. The van der Waals surface area contributed by atoms with Crippen LogP contribution < -0.4 is 0 Å². The van der Waals surface area contributed by atoms with Crippen LogP contribution in [0.25, 0.3) is 0 Å². The van der Waals surface area contributed by atoms with Crippen molar-refractivity contribution in [2.45, 2.75) is 22.4 Å². The van der Waals surface area contributed by atoms with E-state index in [1.54, 1.807) is 0 Å². The molecule has 1 aromatic rings. The molecule has 96 valence electrons. The fourth-order valence-corrected chi connectivity index (χ4v) is 4.42. The van der Waals surface area contributed by atoms with E-state index in [2.05, 4.69) is 59.0 Å². The zero-order valence-corrected chi connectivity index (χ0v) is 12.3. The summed E-state index contributed by atoms with van der Waals surface area (Å²) < 4.78 is 6.46. The van der Waals surface area contributed by atoms with Crippen LogP contribution in [0.4, 0.5) is 0 Å². The van der Waals surface area contributed by atoms with E-state index >= 15 is 0 Å². The van der Waals surface area contributed by atoms with Gasteiger partial charge in [0.25, 0.3) is 0 Å². The second kappa shape index (κ2) is 4.94. The summed E-state index contributed by atoms with van der Waals surface area (Å²) in [6.45, 7) is 0.867. The fraction of sp³-hybridized carbons (Fsp3) is 0.467. The Kier molecular flexibility index (Phi) is 3.47. The van der Waals surface area contributed by atoms with Crippen LogP contribution in [-0.2, 0) is 4.74 Å². The van der Waals surface area contributed by atoms with Gasteiger partial charge >= 0.3 is 0 Å². The quantitative estimate of drug-likeness (QED) is 0.502. The summed E-state index contributed by atoms with van der Waals surface area (Å²) in [5.74, 6) is 0.266. The molecule has 1 aromatic carbocycles. The standard InChI is InChI=1S/C15H17IO2/c16-13-7-4-8-15(10-17)12(9-18-14(13)15)11-5-2-1-3-6-11/h1-6,8,12-14,17H,7,9-10H2/t12-,13-,14+,15-/m1/s1. The predicted octanol–water partition coefficient (Wildman–Crippen LogP) is 2.91. The first-order valence-electron chi connectivity index (χ1n) is 6.37. The molecule has 1 aliphatic carbocycles. The van der Waals surface area contributed by atoms with Crippen molar-refractivity contribution in [1.82, 2.24) is 0 Å². The van der Waals surface area contributed by atoms with E-state index in [9.17, 15) is 5.11 Å². The van der Waals surface area contributed by atoms with Crippen LogP contribution in [0.5, 0.6) is 0 Å². The third-order valence-corrected chi connectivity index (χ3v) is 5.38. The van der Waals surface area contributed by atoms with Crippen molar-refractivity contribution < 1.29 is 9.84 Å². The highest BCUT2D eigenvalue weighted by molar-refractivity contribution is 14.1. The van der Waals surface area contributed by atoms with Crippen molar-refractivity contribution in [2.24, 2.45) is 5.41 Å². The average molecular weight is 356 g/mol. The van der Waals surface area contributed by atoms with Gasteiger partial charge < -0.3 is 9.84 Å². The zero-order valence-electron chi connectivity index (χ0n) is 10.1. The van der Waals surface area contributed by atoms with Gasteiger partial charge in [-0.2, -0.15) is 0 Å². The monoisotopic (exact) mass is 356 g/mol. The maximum Gasteiger partial charge on any atom is 0.0815 e. The summed E-state index contributed by atoms with van der Waals surface area (Å²) in [7, 11) is 0. The zero-order chi connectivity index (χ0) is 12.6. The molecule has 0 aromatic heterocycles. The van der Waals surface area contributed by atoms with E-state index in [1.165, 1.54) is 5.56 Å². The molecule has 0 radical (unpaired) electrons. The molecule has 1 aliphatic heterocycles. The van der Waals surface area contributed by atoms with Gasteiger partial charge in [-0.25, -0.2) is 0 Å². The Morgan fingerprint density at radius 2 is 2.11 bits per heavy atom. The van der Waals surface area contributed by atoms with Gasteiger partial charge in [0.05, 0.1) is 19.3 Å². The molecule has 0 bridgehead atoms. The third-order valence-electron chi connectivity index (χ3n) is 4.21. The summed E-state index contributed by atoms with van der Waals surface area (Å²) in [4.78, 5) is 0. The topological polar surface area (TPSA) is 29.5 Å². The van der Waals surface area contributed by atoms with E-state index in [4.69, 9.17) is 4.74 Å². The van der Waals surface area contributed by atoms with E-state index in [1.807, 2.05) is 6.07 Å². The van der Waals surface area contributed by atoms with E-state index < -0.39 is 0 Å². The number of hydrogen-bond acceptors (Lipinski definition) is 2. The maximum atomic E-state index is 9.97. The lowest BCUT2D eigenvalue weighted by molar-refractivity contribution is 0.0366. The molecule has 18 heavy (non-hydrogen) atoms. The van der Waals surface area contributed by atoms with Gasteiger partial charge in [-0.05, 0) is 12.0 Å². The lowest BCUT2D eigenvalue weighted by Gasteiger charge is -2.39. The number of allylic oxidation sites excluding steroid dienone is 1. The van der Waals surface area contributed by atoms with Crippen LogP contribution in [0.2, 0.25) is 0 Å². The SMILES string of the molecule is OC[C@@]12C=CC[C@@H](I)[C@@H]1OC[C@@H]2c1ccccc1. The normalized spacial score (nSPS) is 38.7. The van der Waals surface area contributed by atoms with Crippen LogP contribution >= 0.6 is 22.6 Å². The maximum absolute atomic E-state index is 9.97. The lowest BCUT2D eigenvalue weighted by atomic mass is 9.68. The molecule has 0 spiro atoms. The Balaban J connectivity index is 2.02. The van der Waals surface area contributed by atoms with Crippen molar-refractivity contribution in [3.8, 4) is 0 Å². The summed E-state index contributed by atoms with van der Waals surface area (Å²) in [6, 6.07) is 10.4. The average Bonchev–Trinajstić information content (AvgIpc) is 2.81. The number of hydrogen-bond donors (Lipinski definition) is 1. The molecule has 1 heterocycles. The number of rotatable bonds is 2. The molecule has 0 saturated carbocycles. The van der Waals surface area contributed by atoms with Crippen LogP contribution in [0.1, 0.15) is 17.9 Å². The highest BCUT2D eigenvalue weighted by atomic mass is 127. The number of halogens is 1. The molecule has 4 atom stereocenters. The smallest absolute Gasteiger partial charge is 0.0815 e. The van der Waals surface area contributed by atoms with Crippen molar-refractivity contribution in [2.75, 3.05) is 13.2 Å². The predicted molar refractivity (Wildman–Crippen MR) is 80.0 cm³/mol. The lowest BCUT2D eigenvalue weighted by Crippen LogP contribution is -2.44. The van der Waals surface area contributed by atoms with Gasteiger partial charge in [0.15, 0.2) is 0 Å². The van der Waals surface area contributed by atoms with Crippen molar-refractivity contribution >= 4 is 22.6 Å². The van der Waals surface area contributed by atoms with Gasteiger partial charge in [0.1, 0.15) is 0 Å². The minimum absolute atomic E-state index is 0.137. The Morgan fingerprint density at radius 3 is 2.83 bits per heavy atom. The molecule has 1 fully saturated rings. The number of alkyl halides is 1. The van der Waals surface area contributed by atoms with Gasteiger partial charge in [0, 0.05) is 15.3 Å². The Morgan fingerprint density at radius 1 is 1.33 bits per heavy atom. The Labute approximate surface area is 121 Å². The van der Waals surface area contributed by atoms with Gasteiger partial charge in [-0.15, -0.1) is 0 Å². The van der Waals surface area contributed by atoms with Gasteiger partial charge in [0.2, 0.25) is 0 Å². The van der Waals surface area contributed by atoms with Crippen LogP contribution in [0.15, 0.2) is 42.5 Å². The second-order valence-corrected chi connectivity index (χ2v) is 6.74. The molecule has 3 heteroatoms. The van der Waals surface area contributed by atoms with Crippen LogP contribution in [0, 0.1) is 5.41 Å². The largest absolute Gasteiger partial charge is 0.395 e. The Bertz CT molecular complexity index is 445. The van der Waals surface area contributed by atoms with Gasteiger partial charge in [-0.3, -0.25) is 0 Å². The third kappa shape index (κ3) is 1.84. The molecule has 1 saturated heterocycles. The molecule has 3 rings (SSSR count). The molecular weight excluding hydrogens is 339 g/mol. The first kappa shape index (κ1) is 12.6. The first-order valence-corrected chi connectivity index (χ1v) is 7.61. The van der Waals surface area contributed by atoms with E-state index in [0.29, 0.717) is 10.5 Å².